The number of hydrogen-bond acceptors (Lipinski definition) is 11. The number of urea groups is 1. The Morgan fingerprint density at radius 1 is 0.721 bits per heavy atom. The number of benzene rings is 3. The summed E-state index contributed by atoms with van der Waals surface area (Å²) in [5.74, 6) is 4.19. The van der Waals surface area contributed by atoms with Crippen LogP contribution in [0.25, 0.3) is 10.4 Å². The van der Waals surface area contributed by atoms with Crippen molar-refractivity contribution in [1.82, 2.24) is 21.3 Å². The van der Waals surface area contributed by atoms with Gasteiger partial charge in [0.2, 0.25) is 29.5 Å². The van der Waals surface area contributed by atoms with Gasteiger partial charge >= 0.3 is 6.03 Å². The highest BCUT2D eigenvalue weighted by atomic mass is 16.6. The number of nitrogens with two attached hydrogens (primary N) is 1. The van der Waals surface area contributed by atoms with Crippen molar-refractivity contribution in [2.45, 2.75) is 71.1 Å². The largest absolute Gasteiger partial charge is 0.379 e. The summed E-state index contributed by atoms with van der Waals surface area (Å²) >= 11 is 0. The van der Waals surface area contributed by atoms with E-state index in [2.05, 4.69) is 48.5 Å². The van der Waals surface area contributed by atoms with Crippen LogP contribution >= 0.6 is 0 Å². The van der Waals surface area contributed by atoms with Gasteiger partial charge in [0, 0.05) is 54.1 Å². The average molecular weight is 939 g/mol. The van der Waals surface area contributed by atoms with Crippen LogP contribution in [-0.4, -0.2) is 114 Å². The van der Waals surface area contributed by atoms with Crippen molar-refractivity contribution >= 4 is 46.9 Å². The lowest BCUT2D eigenvalue weighted by Crippen LogP contribution is -2.54. The lowest BCUT2D eigenvalue weighted by Gasteiger charge is -2.26. The Morgan fingerprint density at radius 3 is 2.03 bits per heavy atom. The van der Waals surface area contributed by atoms with Crippen LogP contribution in [0.4, 0.5) is 16.2 Å². The molecule has 7 amide bonds. The fraction of sp³-hybridized carbons (Fsp3) is 0.458. The molecule has 68 heavy (non-hydrogen) atoms. The van der Waals surface area contributed by atoms with E-state index in [1.807, 2.05) is 48.5 Å². The van der Waals surface area contributed by atoms with Crippen molar-refractivity contribution in [2.75, 3.05) is 76.2 Å². The molecule has 1 aliphatic rings. The maximum atomic E-state index is 13.4. The standard InChI is InChI=1S/C48H62N10O10/c1-34(2)45(47(63)55-40(11-7-22-52-48(49)64)46(62)54-39-17-13-35(14-18-39)32-53-57-50)56-43(60)21-24-65-26-28-67-30-31-68-29-27-66-25-23-51-42(59)19-20-44(61)58-33-38-10-4-3-8-36(38)15-16-37-9-5-6-12-41(37)58/h3-6,8-10,12-14,17-18,34,40,45H,7,11,19-33H2,1-2H3,(H,51,59)(H,54,62)(H,55,63)(H,56,60)(H3,49,52,64)/t40-,45-/m0/s1. The van der Waals surface area contributed by atoms with E-state index in [0.29, 0.717) is 51.6 Å². The van der Waals surface area contributed by atoms with Crippen LogP contribution in [0.3, 0.4) is 0 Å². The Kier molecular flexibility index (Phi) is 23.9. The van der Waals surface area contributed by atoms with Gasteiger partial charge in [-0.3, -0.25) is 24.0 Å². The smallest absolute Gasteiger partial charge is 0.312 e. The molecule has 0 saturated heterocycles. The van der Waals surface area contributed by atoms with Gasteiger partial charge in [0.25, 0.3) is 0 Å². The fourth-order valence-corrected chi connectivity index (χ4v) is 6.71. The summed E-state index contributed by atoms with van der Waals surface area (Å²) < 4.78 is 22.1. The maximum Gasteiger partial charge on any atom is 0.312 e. The molecule has 0 spiro atoms. The second kappa shape index (κ2) is 30.3. The van der Waals surface area contributed by atoms with E-state index in [1.54, 1.807) is 43.0 Å². The third-order valence-electron chi connectivity index (χ3n) is 10.3. The number of fused-ring (bicyclic) bond motifs is 2. The molecule has 0 aliphatic carbocycles. The molecule has 364 valence electrons. The van der Waals surface area contributed by atoms with Crippen molar-refractivity contribution in [3.8, 4) is 11.8 Å². The van der Waals surface area contributed by atoms with Gasteiger partial charge in [0.05, 0.1) is 71.6 Å². The Bertz CT molecular complexity index is 2240. The van der Waals surface area contributed by atoms with E-state index in [-0.39, 0.29) is 82.9 Å². The van der Waals surface area contributed by atoms with Gasteiger partial charge in [-0.2, -0.15) is 0 Å². The molecule has 0 fully saturated rings. The number of rotatable bonds is 30. The third-order valence-corrected chi connectivity index (χ3v) is 10.3. The Labute approximate surface area is 396 Å². The summed E-state index contributed by atoms with van der Waals surface area (Å²) in [6, 6.07) is 19.3. The average Bonchev–Trinajstić information content (AvgIpc) is 3.32. The third kappa shape index (κ3) is 19.8. The number of amides is 7. The summed E-state index contributed by atoms with van der Waals surface area (Å²) in [4.78, 5) is 80.9. The zero-order valence-corrected chi connectivity index (χ0v) is 38.6. The Balaban J connectivity index is 1.02. The monoisotopic (exact) mass is 938 g/mol. The van der Waals surface area contributed by atoms with E-state index in [9.17, 15) is 28.8 Å². The highest BCUT2D eigenvalue weighted by molar-refractivity contribution is 5.99. The first-order chi connectivity index (χ1) is 32.9. The summed E-state index contributed by atoms with van der Waals surface area (Å²) in [7, 11) is 0. The van der Waals surface area contributed by atoms with Gasteiger partial charge in [-0.05, 0) is 65.7 Å². The van der Waals surface area contributed by atoms with Crippen LogP contribution in [-0.2, 0) is 56.0 Å². The Hall–Kier alpha value is -7.01. The topological polar surface area (TPSA) is 278 Å². The zero-order chi connectivity index (χ0) is 48.9. The van der Waals surface area contributed by atoms with Crippen LogP contribution in [0.1, 0.15) is 68.2 Å². The normalized spacial score (nSPS) is 12.3. The Morgan fingerprint density at radius 2 is 1.35 bits per heavy atom. The SMILES string of the molecule is CC(C)[C@H](NC(=O)CCOCCOCCOCCOCCNC(=O)CCC(=O)N1Cc2ccccc2C#Cc2ccccc21)C(=O)N[C@@H](CCCNC(N)=O)C(=O)Nc1ccc(CN=[N+]=[N-])cc1. The van der Waals surface area contributed by atoms with Gasteiger partial charge < -0.3 is 56.2 Å². The van der Waals surface area contributed by atoms with Crippen LogP contribution < -0.4 is 37.2 Å². The maximum absolute atomic E-state index is 13.4. The number of carbonyl (C=O) groups is 6. The quantitative estimate of drug-likeness (QED) is 0.0185. The van der Waals surface area contributed by atoms with Crippen LogP contribution in [0.15, 0.2) is 77.9 Å². The number of carbonyl (C=O) groups excluding carboxylic acids is 6. The van der Waals surface area contributed by atoms with Gasteiger partial charge in [-0.15, -0.1) is 0 Å². The number of azide groups is 1. The van der Waals surface area contributed by atoms with E-state index in [4.69, 9.17) is 30.2 Å². The van der Waals surface area contributed by atoms with Crippen molar-refractivity contribution in [2.24, 2.45) is 16.8 Å². The first-order valence-electron chi connectivity index (χ1n) is 22.6. The molecule has 0 unspecified atom stereocenters. The van der Waals surface area contributed by atoms with Crippen molar-refractivity contribution in [3.63, 3.8) is 0 Å². The first kappa shape index (κ1) is 53.6. The molecule has 3 aromatic carbocycles. The second-order valence-electron chi connectivity index (χ2n) is 15.8. The van der Waals surface area contributed by atoms with Crippen LogP contribution in [0, 0.1) is 17.8 Å². The molecule has 7 N–H and O–H groups in total. The minimum atomic E-state index is -1.00. The van der Waals surface area contributed by atoms with Crippen molar-refractivity contribution in [1.29, 1.82) is 0 Å². The highest BCUT2D eigenvalue weighted by Crippen LogP contribution is 2.26. The summed E-state index contributed by atoms with van der Waals surface area (Å²) in [5.41, 5.74) is 18.2. The lowest BCUT2D eigenvalue weighted by molar-refractivity contribution is -0.132. The highest BCUT2D eigenvalue weighted by Gasteiger charge is 2.29. The number of ether oxygens (including phenoxy) is 4. The molecule has 0 radical (unpaired) electrons. The van der Waals surface area contributed by atoms with Gasteiger partial charge in [-0.1, -0.05) is 73.3 Å². The number of hydrogen-bond donors (Lipinski definition) is 6. The first-order valence-corrected chi connectivity index (χ1v) is 22.6. The van der Waals surface area contributed by atoms with E-state index < -0.39 is 35.8 Å². The summed E-state index contributed by atoms with van der Waals surface area (Å²) in [6.07, 6.45) is 0.581. The van der Waals surface area contributed by atoms with E-state index in [0.717, 1.165) is 27.9 Å². The number of nitrogens with one attached hydrogen (secondary N) is 5. The van der Waals surface area contributed by atoms with Crippen LogP contribution in [0.2, 0.25) is 0 Å². The van der Waals surface area contributed by atoms with Gasteiger partial charge in [0.1, 0.15) is 12.1 Å². The van der Waals surface area contributed by atoms with E-state index >= 15 is 0 Å². The number of primary amides is 1. The summed E-state index contributed by atoms with van der Waals surface area (Å²) in [6.45, 7) is 6.72. The molecule has 3 aromatic rings. The molecule has 4 rings (SSSR count). The minimum absolute atomic E-state index is 0.0122. The van der Waals surface area contributed by atoms with Crippen molar-refractivity contribution < 1.29 is 47.7 Å². The summed E-state index contributed by atoms with van der Waals surface area (Å²) in [5, 5.41) is 17.0. The van der Waals surface area contributed by atoms with Gasteiger partial charge in [0.15, 0.2) is 0 Å². The second-order valence-corrected chi connectivity index (χ2v) is 15.8. The molecule has 1 heterocycles. The number of para-hydroxylation sites is 1. The van der Waals surface area contributed by atoms with Gasteiger partial charge in [-0.25, -0.2) is 4.79 Å². The lowest BCUT2D eigenvalue weighted by atomic mass is 10.0. The molecule has 2 atom stereocenters. The fourth-order valence-electron chi connectivity index (χ4n) is 6.71. The predicted molar refractivity (Wildman–Crippen MR) is 254 cm³/mol. The molecule has 20 heteroatoms. The molecular formula is C48H62N10O10. The number of anilines is 2. The molecule has 0 bridgehead atoms. The predicted octanol–water partition coefficient (Wildman–Crippen LogP) is 3.81. The van der Waals surface area contributed by atoms with E-state index in [1.165, 1.54) is 0 Å². The van der Waals surface area contributed by atoms with Crippen molar-refractivity contribution in [3.05, 3.63) is 105 Å². The van der Waals surface area contributed by atoms with Crippen LogP contribution in [0.5, 0.6) is 0 Å². The molecule has 20 nitrogen and oxygen atoms in total. The minimum Gasteiger partial charge on any atom is -0.379 e. The number of nitrogens with zero attached hydrogens (tertiary/aromatic N) is 4. The molecule has 1 aliphatic heterocycles. The molecule has 0 saturated carbocycles. The zero-order valence-electron chi connectivity index (χ0n) is 38.6. The molecule has 0 aromatic heterocycles. The molecular weight excluding hydrogens is 877 g/mol.